The molecule has 1 aromatic heterocycles. The van der Waals surface area contributed by atoms with Crippen LogP contribution in [0.2, 0.25) is 0 Å². The molecule has 0 bridgehead atoms. The first-order chi connectivity index (χ1) is 8.77. The molecule has 0 unspecified atom stereocenters. The lowest BCUT2D eigenvalue weighted by Gasteiger charge is -2.18. The summed E-state index contributed by atoms with van der Waals surface area (Å²) in [5.74, 6) is 1.81. The van der Waals surface area contributed by atoms with E-state index < -0.39 is 0 Å². The van der Waals surface area contributed by atoms with Gasteiger partial charge in [0, 0.05) is 38.2 Å². The standard InChI is InChI=1S/C15H24N2O/c1-17-12-11-16-15(17)10-9-14(18)13-7-5-3-2-4-6-8-13/h11-13H,2-10H2,1H3. The normalized spacial score (nSPS) is 18.3. The van der Waals surface area contributed by atoms with Crippen LogP contribution >= 0.6 is 0 Å². The van der Waals surface area contributed by atoms with Gasteiger partial charge in [-0.1, -0.05) is 32.1 Å². The molecule has 0 radical (unpaired) electrons. The third kappa shape index (κ3) is 3.69. The van der Waals surface area contributed by atoms with Gasteiger partial charge in [-0.15, -0.1) is 0 Å². The summed E-state index contributed by atoms with van der Waals surface area (Å²) in [5, 5.41) is 0. The predicted octanol–water partition coefficient (Wildman–Crippen LogP) is 3.28. The van der Waals surface area contributed by atoms with Gasteiger partial charge >= 0.3 is 0 Å². The van der Waals surface area contributed by atoms with Crippen LogP contribution in [-0.4, -0.2) is 15.3 Å². The molecule has 1 fully saturated rings. The highest BCUT2D eigenvalue weighted by molar-refractivity contribution is 5.81. The number of rotatable bonds is 4. The van der Waals surface area contributed by atoms with Crippen molar-refractivity contribution >= 4 is 5.78 Å². The summed E-state index contributed by atoms with van der Waals surface area (Å²) in [6.07, 6.45) is 13.9. The molecule has 2 rings (SSSR count). The maximum atomic E-state index is 12.2. The lowest BCUT2D eigenvalue weighted by molar-refractivity contribution is -0.123. The number of carbonyl (C=O) groups excluding carboxylic acids is 1. The van der Waals surface area contributed by atoms with Crippen LogP contribution in [0.3, 0.4) is 0 Å². The highest BCUT2D eigenvalue weighted by Crippen LogP contribution is 2.24. The number of aromatic nitrogens is 2. The van der Waals surface area contributed by atoms with Crippen molar-refractivity contribution in [3.05, 3.63) is 18.2 Å². The summed E-state index contributed by atoms with van der Waals surface area (Å²) in [5.41, 5.74) is 0. The Bertz CT molecular complexity index is 376. The first-order valence-electron chi connectivity index (χ1n) is 7.26. The van der Waals surface area contributed by atoms with Gasteiger partial charge in [0.2, 0.25) is 0 Å². The van der Waals surface area contributed by atoms with E-state index in [2.05, 4.69) is 4.98 Å². The van der Waals surface area contributed by atoms with E-state index in [1.54, 1.807) is 6.20 Å². The molecule has 18 heavy (non-hydrogen) atoms. The molecule has 0 amide bonds. The Balaban J connectivity index is 1.81. The van der Waals surface area contributed by atoms with Gasteiger partial charge in [0.05, 0.1) is 0 Å². The first-order valence-corrected chi connectivity index (χ1v) is 7.26. The molecule has 0 aromatic carbocycles. The molecule has 1 aliphatic carbocycles. The largest absolute Gasteiger partial charge is 0.338 e. The Labute approximate surface area is 110 Å². The molecule has 0 atom stereocenters. The monoisotopic (exact) mass is 248 g/mol. The molecule has 1 aromatic rings. The van der Waals surface area contributed by atoms with E-state index in [-0.39, 0.29) is 0 Å². The number of carbonyl (C=O) groups is 1. The molecule has 0 saturated heterocycles. The highest BCUT2D eigenvalue weighted by Gasteiger charge is 2.19. The number of ketones is 1. The number of hydrogen-bond acceptors (Lipinski definition) is 2. The second kappa shape index (κ2) is 6.72. The second-order valence-electron chi connectivity index (χ2n) is 5.46. The van der Waals surface area contributed by atoms with Crippen molar-refractivity contribution in [1.82, 2.24) is 9.55 Å². The fourth-order valence-corrected chi connectivity index (χ4v) is 2.85. The van der Waals surface area contributed by atoms with Crippen molar-refractivity contribution in [3.63, 3.8) is 0 Å². The Hall–Kier alpha value is -1.12. The smallest absolute Gasteiger partial charge is 0.136 e. The van der Waals surface area contributed by atoms with E-state index >= 15 is 0 Å². The van der Waals surface area contributed by atoms with E-state index in [1.165, 1.54) is 32.1 Å². The maximum absolute atomic E-state index is 12.2. The third-order valence-electron chi connectivity index (χ3n) is 4.08. The summed E-state index contributed by atoms with van der Waals surface area (Å²) >= 11 is 0. The van der Waals surface area contributed by atoms with Crippen LogP contribution in [-0.2, 0) is 18.3 Å². The Morgan fingerprint density at radius 2 is 1.94 bits per heavy atom. The number of Topliss-reactive ketones (excluding diaryl/α,β-unsaturated/α-hetero) is 1. The van der Waals surface area contributed by atoms with Crippen molar-refractivity contribution in [2.24, 2.45) is 13.0 Å². The van der Waals surface area contributed by atoms with Crippen LogP contribution in [0.5, 0.6) is 0 Å². The van der Waals surface area contributed by atoms with Gasteiger partial charge < -0.3 is 4.57 Å². The van der Waals surface area contributed by atoms with E-state index in [0.717, 1.165) is 25.1 Å². The topological polar surface area (TPSA) is 34.9 Å². The van der Waals surface area contributed by atoms with Crippen molar-refractivity contribution in [3.8, 4) is 0 Å². The molecule has 0 N–H and O–H groups in total. The third-order valence-corrected chi connectivity index (χ3v) is 4.08. The van der Waals surface area contributed by atoms with E-state index in [1.807, 2.05) is 17.8 Å². The Kier molecular flexibility index (Phi) is 4.97. The SMILES string of the molecule is Cn1ccnc1CCC(=O)C1CCCCCCC1. The van der Waals surface area contributed by atoms with Crippen molar-refractivity contribution < 1.29 is 4.79 Å². The minimum Gasteiger partial charge on any atom is -0.338 e. The predicted molar refractivity (Wildman–Crippen MR) is 72.3 cm³/mol. The zero-order valence-electron chi connectivity index (χ0n) is 11.4. The molecule has 0 spiro atoms. The number of hydrogen-bond donors (Lipinski definition) is 0. The lowest BCUT2D eigenvalue weighted by atomic mass is 9.86. The van der Waals surface area contributed by atoms with Gasteiger partial charge in [-0.05, 0) is 12.8 Å². The number of imidazole rings is 1. The molecule has 1 saturated carbocycles. The van der Waals surface area contributed by atoms with Gasteiger partial charge in [-0.2, -0.15) is 0 Å². The minimum atomic E-state index is 0.325. The van der Waals surface area contributed by atoms with Gasteiger partial charge in [-0.25, -0.2) is 4.98 Å². The van der Waals surface area contributed by atoms with Crippen LogP contribution in [0.15, 0.2) is 12.4 Å². The molecule has 100 valence electrons. The molecular formula is C15H24N2O. The summed E-state index contributed by atoms with van der Waals surface area (Å²) in [4.78, 5) is 16.5. The second-order valence-corrected chi connectivity index (χ2v) is 5.46. The molecule has 1 heterocycles. The number of aryl methyl sites for hydroxylation is 2. The fourth-order valence-electron chi connectivity index (χ4n) is 2.85. The number of nitrogens with zero attached hydrogens (tertiary/aromatic N) is 2. The highest BCUT2D eigenvalue weighted by atomic mass is 16.1. The Morgan fingerprint density at radius 1 is 1.28 bits per heavy atom. The molecule has 0 aliphatic heterocycles. The van der Waals surface area contributed by atoms with Crippen molar-refractivity contribution in [2.45, 2.75) is 57.8 Å². The summed E-state index contributed by atoms with van der Waals surface area (Å²) in [6, 6.07) is 0. The van der Waals surface area contributed by atoms with E-state index in [9.17, 15) is 4.79 Å². The van der Waals surface area contributed by atoms with Crippen LogP contribution in [0.25, 0.3) is 0 Å². The zero-order chi connectivity index (χ0) is 12.8. The van der Waals surface area contributed by atoms with Crippen LogP contribution in [0.4, 0.5) is 0 Å². The quantitative estimate of drug-likeness (QED) is 0.819. The van der Waals surface area contributed by atoms with Gasteiger partial charge in [0.15, 0.2) is 0 Å². The van der Waals surface area contributed by atoms with E-state index in [0.29, 0.717) is 18.1 Å². The molecule has 3 nitrogen and oxygen atoms in total. The lowest BCUT2D eigenvalue weighted by Crippen LogP contribution is -2.17. The zero-order valence-corrected chi connectivity index (χ0v) is 11.4. The molecular weight excluding hydrogens is 224 g/mol. The summed E-state index contributed by atoms with van der Waals surface area (Å²) < 4.78 is 2.01. The molecule has 3 heteroatoms. The molecule has 1 aliphatic rings. The van der Waals surface area contributed by atoms with Gasteiger partial charge in [-0.3, -0.25) is 4.79 Å². The van der Waals surface area contributed by atoms with Crippen molar-refractivity contribution in [1.29, 1.82) is 0 Å². The van der Waals surface area contributed by atoms with Crippen LogP contribution in [0.1, 0.15) is 57.2 Å². The average molecular weight is 248 g/mol. The minimum absolute atomic E-state index is 0.325. The van der Waals surface area contributed by atoms with E-state index in [4.69, 9.17) is 0 Å². The average Bonchev–Trinajstić information content (AvgIpc) is 2.71. The van der Waals surface area contributed by atoms with Gasteiger partial charge in [0.1, 0.15) is 11.6 Å². The fraction of sp³-hybridized carbons (Fsp3) is 0.733. The summed E-state index contributed by atoms with van der Waals surface area (Å²) in [7, 11) is 1.99. The van der Waals surface area contributed by atoms with Crippen LogP contribution < -0.4 is 0 Å². The maximum Gasteiger partial charge on any atom is 0.136 e. The Morgan fingerprint density at radius 3 is 2.56 bits per heavy atom. The first kappa shape index (κ1) is 13.3. The summed E-state index contributed by atoms with van der Waals surface area (Å²) in [6.45, 7) is 0. The van der Waals surface area contributed by atoms with Crippen LogP contribution in [0, 0.1) is 5.92 Å². The van der Waals surface area contributed by atoms with Crippen molar-refractivity contribution in [2.75, 3.05) is 0 Å². The van der Waals surface area contributed by atoms with Gasteiger partial charge in [0.25, 0.3) is 0 Å².